The van der Waals surface area contributed by atoms with Crippen molar-refractivity contribution in [3.8, 4) is 11.5 Å². The van der Waals surface area contributed by atoms with Crippen molar-refractivity contribution in [2.24, 2.45) is 28.1 Å². The molecule has 436 valence electrons. The third-order valence-corrected chi connectivity index (χ3v) is 15.1. The van der Waals surface area contributed by atoms with Gasteiger partial charge < -0.3 is 67.4 Å². The summed E-state index contributed by atoms with van der Waals surface area (Å²) in [5, 5.41) is 27.7. The number of amides is 6. The maximum absolute atomic E-state index is 14.7. The molecule has 8 atom stereocenters. The second-order valence-electron chi connectivity index (χ2n) is 21.9. The van der Waals surface area contributed by atoms with E-state index in [0.29, 0.717) is 34.4 Å². The molecule has 6 amide bonds. The number of aliphatic carboxylic acids is 1. The van der Waals surface area contributed by atoms with E-state index in [1.54, 1.807) is 62.3 Å². The molecule has 1 aliphatic rings. The van der Waals surface area contributed by atoms with Gasteiger partial charge in [0.1, 0.15) is 59.5 Å². The molecule has 0 radical (unpaired) electrons. The number of carbonyl (C=O) groups is 7. The Kier molecular flexibility index (Phi) is 23.0. The number of carboxylic acids is 1. The SMILES string of the molecule is CO[C@H](c1ccc(O)cc1)[C@@H](NC(=O)[C@H](CCC(N)=O)N(C)C(=O)[C@H](CC(C)C)NC(=O)[C@@H](CCCN=C(N)NS(=O)(=O)c1c(C)c(C)c2c(c1C)CC(C)(C)O2)NC(=O)[C@H](N)[C@@H](C)OC(C)(C)C)C(=O)N(C)[C@@H](C)C(=O)O. The lowest BCUT2D eigenvalue weighted by Gasteiger charge is -2.35. The fourth-order valence-electron chi connectivity index (χ4n) is 9.11. The van der Waals surface area contributed by atoms with Gasteiger partial charge >= 0.3 is 5.97 Å². The van der Waals surface area contributed by atoms with Crippen molar-refractivity contribution in [2.75, 3.05) is 27.7 Å². The summed E-state index contributed by atoms with van der Waals surface area (Å²) < 4.78 is 47.9. The van der Waals surface area contributed by atoms with Crippen LogP contribution in [0.15, 0.2) is 34.2 Å². The van der Waals surface area contributed by atoms with Crippen LogP contribution in [-0.2, 0) is 59.5 Å². The van der Waals surface area contributed by atoms with E-state index in [4.69, 9.17) is 31.4 Å². The Balaban J connectivity index is 1.99. The number of carbonyl (C=O) groups excluding carboxylic acids is 6. The summed E-state index contributed by atoms with van der Waals surface area (Å²) in [5.74, 6) is -6.64. The third kappa shape index (κ3) is 17.7. The summed E-state index contributed by atoms with van der Waals surface area (Å²) in [6.45, 7) is 20.6. The monoisotopic (exact) mass is 1120 g/mol. The number of nitrogens with two attached hydrogens (primary N) is 3. The molecule has 1 heterocycles. The largest absolute Gasteiger partial charge is 0.508 e. The number of aromatic hydroxyl groups is 1. The highest BCUT2D eigenvalue weighted by Crippen LogP contribution is 2.43. The van der Waals surface area contributed by atoms with Gasteiger partial charge in [0.15, 0.2) is 0 Å². The van der Waals surface area contributed by atoms with Gasteiger partial charge in [-0.25, -0.2) is 17.9 Å². The summed E-state index contributed by atoms with van der Waals surface area (Å²) >= 11 is 0. The van der Waals surface area contributed by atoms with Crippen molar-refractivity contribution in [1.82, 2.24) is 30.5 Å². The lowest BCUT2D eigenvalue weighted by molar-refractivity contribution is -0.152. The molecule has 25 heteroatoms. The maximum Gasteiger partial charge on any atom is 0.326 e. The van der Waals surface area contributed by atoms with Crippen LogP contribution in [0.3, 0.4) is 0 Å². The number of carboxylic acid groups (broad SMARTS) is 1. The summed E-state index contributed by atoms with van der Waals surface area (Å²) in [6, 6.07) is -3.07. The Morgan fingerprint density at radius 2 is 1.44 bits per heavy atom. The highest BCUT2D eigenvalue weighted by molar-refractivity contribution is 7.90. The van der Waals surface area contributed by atoms with E-state index in [9.17, 15) is 52.2 Å². The Morgan fingerprint density at radius 3 is 1.97 bits per heavy atom. The number of rotatable bonds is 27. The lowest BCUT2D eigenvalue weighted by Crippen LogP contribution is -2.61. The normalized spacial score (nSPS) is 16.4. The first-order valence-electron chi connectivity index (χ1n) is 25.8. The zero-order valence-corrected chi connectivity index (χ0v) is 48.5. The smallest absolute Gasteiger partial charge is 0.326 e. The number of nitrogens with one attached hydrogen (secondary N) is 4. The number of likely N-dealkylation sites (N-methyl/N-ethyl adjacent to an activating group) is 2. The number of hydrogen-bond donors (Lipinski definition) is 9. The molecule has 3 rings (SSSR count). The molecular weight excluding hydrogens is 1030 g/mol. The van der Waals surface area contributed by atoms with Gasteiger partial charge in [0.25, 0.3) is 10.0 Å². The highest BCUT2D eigenvalue weighted by Gasteiger charge is 2.41. The van der Waals surface area contributed by atoms with Crippen LogP contribution in [0.4, 0.5) is 0 Å². The van der Waals surface area contributed by atoms with E-state index in [1.165, 1.54) is 52.4 Å². The average Bonchev–Trinajstić information content (AvgIpc) is 3.67. The molecule has 1 aliphatic heterocycles. The average molecular weight is 1120 g/mol. The molecule has 24 nitrogen and oxygen atoms in total. The quantitative estimate of drug-likeness (QED) is 0.0350. The summed E-state index contributed by atoms with van der Waals surface area (Å²) in [4.78, 5) is 102. The number of benzene rings is 2. The molecule has 0 fully saturated rings. The molecule has 0 saturated heterocycles. The molecule has 0 aliphatic carbocycles. The Hall–Kier alpha value is -6.57. The Bertz CT molecular complexity index is 2660. The molecule has 78 heavy (non-hydrogen) atoms. The summed E-state index contributed by atoms with van der Waals surface area (Å²) in [7, 11) is -0.535. The number of nitrogens with zero attached hydrogens (tertiary/aromatic N) is 3. The molecule has 0 spiro atoms. The zero-order valence-electron chi connectivity index (χ0n) is 47.7. The number of phenolic OH excluding ortho intramolecular Hbond substituents is 1. The first-order valence-corrected chi connectivity index (χ1v) is 27.3. The van der Waals surface area contributed by atoms with Crippen molar-refractivity contribution >= 4 is 57.4 Å². The van der Waals surface area contributed by atoms with Gasteiger partial charge in [-0.1, -0.05) is 26.0 Å². The van der Waals surface area contributed by atoms with Gasteiger partial charge in [0.05, 0.1) is 16.6 Å². The van der Waals surface area contributed by atoms with Crippen LogP contribution in [-0.4, -0.2) is 157 Å². The van der Waals surface area contributed by atoms with E-state index in [1.807, 2.05) is 13.8 Å². The zero-order chi connectivity index (χ0) is 59.5. The maximum atomic E-state index is 14.7. The van der Waals surface area contributed by atoms with E-state index in [-0.39, 0.29) is 48.8 Å². The number of sulfonamides is 1. The van der Waals surface area contributed by atoms with Gasteiger partial charge in [-0.05, 0) is 135 Å². The van der Waals surface area contributed by atoms with Gasteiger partial charge in [0, 0.05) is 46.2 Å². The minimum absolute atomic E-state index is 0.00423. The molecule has 2 aromatic rings. The van der Waals surface area contributed by atoms with Crippen molar-refractivity contribution in [3.63, 3.8) is 0 Å². The molecular formula is C53H84N10O14S. The van der Waals surface area contributed by atoms with Crippen molar-refractivity contribution in [1.29, 1.82) is 0 Å². The van der Waals surface area contributed by atoms with E-state index in [2.05, 4.69) is 25.7 Å². The molecule has 0 unspecified atom stereocenters. The Morgan fingerprint density at radius 1 is 0.846 bits per heavy atom. The molecule has 0 bridgehead atoms. The van der Waals surface area contributed by atoms with Crippen LogP contribution < -0.4 is 42.6 Å². The molecule has 0 aromatic heterocycles. The first-order chi connectivity index (χ1) is 35.9. The van der Waals surface area contributed by atoms with Crippen molar-refractivity contribution < 1.29 is 66.4 Å². The Labute approximate surface area is 458 Å². The van der Waals surface area contributed by atoms with Crippen molar-refractivity contribution in [2.45, 2.75) is 186 Å². The number of ether oxygens (including phenoxy) is 3. The minimum Gasteiger partial charge on any atom is -0.508 e. The number of guanidine groups is 1. The fourth-order valence-corrected chi connectivity index (χ4v) is 10.6. The fraction of sp³-hybridized carbons (Fsp3) is 0.623. The van der Waals surface area contributed by atoms with Crippen LogP contribution in [0.2, 0.25) is 0 Å². The predicted molar refractivity (Wildman–Crippen MR) is 291 cm³/mol. The number of primary amides is 1. The number of aliphatic imine (C=N–C) groups is 1. The van der Waals surface area contributed by atoms with Gasteiger partial charge in [-0.3, -0.25) is 33.8 Å². The second kappa shape index (κ2) is 27.3. The van der Waals surface area contributed by atoms with Crippen LogP contribution >= 0.6 is 0 Å². The first kappa shape index (κ1) is 65.7. The second-order valence-corrected chi connectivity index (χ2v) is 23.6. The minimum atomic E-state index is -4.25. The van der Waals surface area contributed by atoms with Crippen molar-refractivity contribution in [3.05, 3.63) is 52.1 Å². The third-order valence-electron chi connectivity index (χ3n) is 13.4. The highest BCUT2D eigenvalue weighted by atomic mass is 32.2. The number of fused-ring (bicyclic) bond motifs is 1. The molecule has 0 saturated carbocycles. The standard InChI is InChI=1S/C53H84N10O14S/c1-27(2)25-37(48(69)63(14)38(22-23-39(54)65)46(67)60-41(49(70)62(13)31(6)50(71)72)43(75-15)33-18-20-34(64)21-19-33)59-45(66)36(58-47(68)40(55)32(7)76-52(8,9)10)17-16-24-57-51(56)61-78(73,74)44-29(4)28(3)42-35(30(44)5)26-53(11,12)77-42/h18-21,27,31-32,36-38,40-41,43,64H,16-17,22-26,55H2,1-15H3,(H2,54,65)(H,58,68)(H,59,66)(H,60,67)(H,71,72)(H3,56,57,61)/t31-,32+,36+,37-,38-,40+,41+,43+/m0/s1. The summed E-state index contributed by atoms with van der Waals surface area (Å²) in [6.07, 6.45) is -2.48. The van der Waals surface area contributed by atoms with Crippen LogP contribution in [0, 0.1) is 26.7 Å². The number of phenols is 1. The van der Waals surface area contributed by atoms with Crippen LogP contribution in [0.5, 0.6) is 11.5 Å². The van der Waals surface area contributed by atoms with E-state index in [0.717, 1.165) is 15.4 Å². The van der Waals surface area contributed by atoms with Crippen LogP contribution in [0.1, 0.15) is 128 Å². The van der Waals surface area contributed by atoms with Gasteiger partial charge in [-0.15, -0.1) is 0 Å². The van der Waals surface area contributed by atoms with E-state index >= 15 is 0 Å². The topological polar surface area (TPSA) is 367 Å². The van der Waals surface area contributed by atoms with Gasteiger partial charge in [-0.2, -0.15) is 0 Å². The molecule has 2 aromatic carbocycles. The molecule has 12 N–H and O–H groups in total. The predicted octanol–water partition coefficient (Wildman–Crippen LogP) is 1.85. The van der Waals surface area contributed by atoms with Crippen LogP contribution in [0.25, 0.3) is 0 Å². The number of methoxy groups -OCH3 is 1. The van der Waals surface area contributed by atoms with Gasteiger partial charge in [0.2, 0.25) is 41.4 Å². The lowest BCUT2D eigenvalue weighted by atomic mass is 9.94. The van der Waals surface area contributed by atoms with E-state index < -0.39 is 123 Å². The number of hydrogen-bond acceptors (Lipinski definition) is 15. The summed E-state index contributed by atoms with van der Waals surface area (Å²) in [5.41, 5.74) is 19.6.